The summed E-state index contributed by atoms with van der Waals surface area (Å²) in [5, 5.41) is 3.54. The first kappa shape index (κ1) is 23.9. The van der Waals surface area contributed by atoms with Crippen LogP contribution in [0.2, 0.25) is 10.0 Å². The summed E-state index contributed by atoms with van der Waals surface area (Å²) in [5.74, 6) is -0.357. The van der Waals surface area contributed by atoms with Crippen molar-refractivity contribution in [1.82, 2.24) is 5.32 Å². The van der Waals surface area contributed by atoms with Gasteiger partial charge in [-0.2, -0.15) is 0 Å². The number of rotatable bonds is 7. The summed E-state index contributed by atoms with van der Waals surface area (Å²) in [6.07, 6.45) is 5.94. The van der Waals surface area contributed by atoms with Gasteiger partial charge >= 0.3 is 0 Å². The Hall–Kier alpha value is -1.76. The Labute approximate surface area is 194 Å². The van der Waals surface area contributed by atoms with Crippen LogP contribution in [0, 0.1) is 0 Å². The van der Waals surface area contributed by atoms with Gasteiger partial charge in [-0.15, -0.1) is 0 Å². The second kappa shape index (κ2) is 9.80. The number of hydrogen-bond donors (Lipinski definition) is 1. The quantitative estimate of drug-likeness (QED) is 0.582. The molecule has 0 unspecified atom stereocenters. The molecule has 0 aromatic heterocycles. The maximum atomic E-state index is 13.2. The number of aryl methyl sites for hydroxylation is 2. The maximum Gasteiger partial charge on any atom is 0.244 e. The molecule has 1 amide bonds. The van der Waals surface area contributed by atoms with Gasteiger partial charge in [0.1, 0.15) is 6.04 Å². The molecule has 0 heterocycles. The summed E-state index contributed by atoms with van der Waals surface area (Å²) in [6, 6.07) is 9.74. The highest BCUT2D eigenvalue weighted by molar-refractivity contribution is 7.92. The van der Waals surface area contributed by atoms with Crippen molar-refractivity contribution in [3.63, 3.8) is 0 Å². The van der Waals surface area contributed by atoms with Gasteiger partial charge in [0.2, 0.25) is 15.9 Å². The number of amides is 1. The molecule has 0 radical (unpaired) electrons. The number of nitrogens with zero attached hydrogens (tertiary/aromatic N) is 1. The second-order valence-corrected chi connectivity index (χ2v) is 10.7. The molecule has 2 aromatic carbocycles. The van der Waals surface area contributed by atoms with Crippen LogP contribution in [0.1, 0.15) is 55.8 Å². The fourth-order valence-electron chi connectivity index (χ4n) is 4.10. The van der Waals surface area contributed by atoms with Crippen LogP contribution in [0.25, 0.3) is 0 Å². The zero-order valence-corrected chi connectivity index (χ0v) is 20.3. The van der Waals surface area contributed by atoms with Crippen molar-refractivity contribution >= 4 is 44.8 Å². The third-order valence-electron chi connectivity index (χ3n) is 5.72. The van der Waals surface area contributed by atoms with E-state index in [1.165, 1.54) is 36.1 Å². The molecule has 31 heavy (non-hydrogen) atoms. The second-order valence-electron chi connectivity index (χ2n) is 8.05. The Morgan fingerprint density at radius 3 is 2.35 bits per heavy atom. The number of benzene rings is 2. The summed E-state index contributed by atoms with van der Waals surface area (Å²) in [4.78, 5) is 13.2. The molecule has 0 aliphatic heterocycles. The van der Waals surface area contributed by atoms with Crippen molar-refractivity contribution < 1.29 is 13.2 Å². The van der Waals surface area contributed by atoms with Crippen LogP contribution in [0.15, 0.2) is 36.4 Å². The standard InChI is InChI=1S/C23H28Cl2N2O3S/c1-4-22(27(31(3,29)30)19-11-12-20(24)21(25)14-19)23(28)26-15(2)17-10-9-16-7-5-6-8-18(16)13-17/h9-15,22H,4-8H2,1-3H3,(H,26,28)/t15-,22-/m0/s1. The zero-order valence-electron chi connectivity index (χ0n) is 18.0. The molecule has 168 valence electrons. The number of halogens is 2. The highest BCUT2D eigenvalue weighted by Gasteiger charge is 2.32. The van der Waals surface area contributed by atoms with Gasteiger partial charge in [-0.1, -0.05) is 48.3 Å². The van der Waals surface area contributed by atoms with Crippen molar-refractivity contribution in [3.8, 4) is 0 Å². The van der Waals surface area contributed by atoms with Crippen molar-refractivity contribution in [3.05, 3.63) is 63.1 Å². The lowest BCUT2D eigenvalue weighted by Gasteiger charge is -2.31. The SMILES string of the molecule is CC[C@@H](C(=O)N[C@@H](C)c1ccc2c(c1)CCCC2)N(c1ccc(Cl)c(Cl)c1)S(C)(=O)=O. The monoisotopic (exact) mass is 482 g/mol. The summed E-state index contributed by atoms with van der Waals surface area (Å²) in [5.41, 5.74) is 4.04. The number of nitrogens with one attached hydrogen (secondary N) is 1. The third-order valence-corrected chi connectivity index (χ3v) is 7.64. The number of anilines is 1. The summed E-state index contributed by atoms with van der Waals surface area (Å²) < 4.78 is 26.4. The van der Waals surface area contributed by atoms with Crippen molar-refractivity contribution in [2.45, 2.75) is 58.0 Å². The van der Waals surface area contributed by atoms with E-state index in [1.54, 1.807) is 13.0 Å². The molecule has 3 rings (SSSR count). The van der Waals surface area contributed by atoms with E-state index in [4.69, 9.17) is 23.2 Å². The van der Waals surface area contributed by atoms with Gasteiger partial charge < -0.3 is 5.32 Å². The topological polar surface area (TPSA) is 66.5 Å². The first-order valence-corrected chi connectivity index (χ1v) is 13.1. The van der Waals surface area contributed by atoms with E-state index in [1.807, 2.05) is 13.0 Å². The molecule has 0 saturated carbocycles. The van der Waals surface area contributed by atoms with Crippen LogP contribution in [0.4, 0.5) is 5.69 Å². The van der Waals surface area contributed by atoms with Crippen LogP contribution in [0.5, 0.6) is 0 Å². The van der Waals surface area contributed by atoms with E-state index >= 15 is 0 Å². The van der Waals surface area contributed by atoms with Gasteiger partial charge in [-0.3, -0.25) is 9.10 Å². The number of carbonyl (C=O) groups excluding carboxylic acids is 1. The average molecular weight is 483 g/mol. The normalized spacial score (nSPS) is 15.6. The van der Waals surface area contributed by atoms with Crippen LogP contribution < -0.4 is 9.62 Å². The first-order chi connectivity index (χ1) is 14.6. The fourth-order valence-corrected chi connectivity index (χ4v) is 5.59. The van der Waals surface area contributed by atoms with Gasteiger partial charge in [0.05, 0.1) is 28.0 Å². The highest BCUT2D eigenvalue weighted by Crippen LogP contribution is 2.31. The lowest BCUT2D eigenvalue weighted by atomic mass is 9.89. The Kier molecular flexibility index (Phi) is 7.55. The van der Waals surface area contributed by atoms with Crippen molar-refractivity contribution in [1.29, 1.82) is 0 Å². The largest absolute Gasteiger partial charge is 0.348 e. The molecule has 0 saturated heterocycles. The van der Waals surface area contributed by atoms with Crippen LogP contribution >= 0.6 is 23.2 Å². The Bertz CT molecular complexity index is 1070. The van der Waals surface area contributed by atoms with Gasteiger partial charge in [0.25, 0.3) is 0 Å². The molecule has 8 heteroatoms. The fraction of sp³-hybridized carbons (Fsp3) is 0.435. The Morgan fingerprint density at radius 1 is 1.06 bits per heavy atom. The molecule has 1 N–H and O–H groups in total. The van der Waals surface area contributed by atoms with Gasteiger partial charge in [-0.05, 0) is 73.9 Å². The van der Waals surface area contributed by atoms with E-state index in [-0.39, 0.29) is 17.0 Å². The Morgan fingerprint density at radius 2 is 1.74 bits per heavy atom. The number of carbonyl (C=O) groups is 1. The van der Waals surface area contributed by atoms with E-state index in [9.17, 15) is 13.2 Å². The van der Waals surface area contributed by atoms with Crippen LogP contribution in [-0.4, -0.2) is 26.6 Å². The maximum absolute atomic E-state index is 13.2. The highest BCUT2D eigenvalue weighted by atomic mass is 35.5. The lowest BCUT2D eigenvalue weighted by molar-refractivity contribution is -0.122. The predicted octanol–water partition coefficient (Wildman–Crippen LogP) is 5.29. The van der Waals surface area contributed by atoms with Gasteiger partial charge in [0.15, 0.2) is 0 Å². The lowest BCUT2D eigenvalue weighted by Crippen LogP contribution is -2.49. The smallest absolute Gasteiger partial charge is 0.244 e. The third kappa shape index (κ3) is 5.54. The zero-order chi connectivity index (χ0) is 22.8. The molecular formula is C23H28Cl2N2O3S. The molecule has 0 spiro atoms. The number of sulfonamides is 1. The van der Waals surface area contributed by atoms with Crippen molar-refractivity contribution in [2.75, 3.05) is 10.6 Å². The predicted molar refractivity (Wildman–Crippen MR) is 128 cm³/mol. The van der Waals surface area contributed by atoms with E-state index in [0.717, 1.165) is 29.0 Å². The first-order valence-electron chi connectivity index (χ1n) is 10.5. The van der Waals surface area contributed by atoms with Gasteiger partial charge in [0, 0.05) is 0 Å². The Balaban J connectivity index is 1.85. The summed E-state index contributed by atoms with van der Waals surface area (Å²) in [6.45, 7) is 3.70. The van der Waals surface area contributed by atoms with E-state index in [2.05, 4.69) is 17.4 Å². The molecule has 1 aliphatic rings. The molecule has 5 nitrogen and oxygen atoms in total. The van der Waals surface area contributed by atoms with E-state index in [0.29, 0.717) is 17.1 Å². The number of fused-ring (bicyclic) bond motifs is 1. The van der Waals surface area contributed by atoms with Gasteiger partial charge in [-0.25, -0.2) is 8.42 Å². The summed E-state index contributed by atoms with van der Waals surface area (Å²) >= 11 is 12.1. The molecule has 2 atom stereocenters. The molecular weight excluding hydrogens is 455 g/mol. The molecule has 0 bridgehead atoms. The molecule has 0 fully saturated rings. The molecule has 1 aliphatic carbocycles. The minimum absolute atomic E-state index is 0.227. The minimum Gasteiger partial charge on any atom is -0.348 e. The summed E-state index contributed by atoms with van der Waals surface area (Å²) in [7, 11) is -3.75. The van der Waals surface area contributed by atoms with Crippen LogP contribution in [0.3, 0.4) is 0 Å². The van der Waals surface area contributed by atoms with Crippen LogP contribution in [-0.2, 0) is 27.7 Å². The van der Waals surface area contributed by atoms with Crippen molar-refractivity contribution in [2.24, 2.45) is 0 Å². The average Bonchev–Trinajstić information content (AvgIpc) is 2.72. The van der Waals surface area contributed by atoms with E-state index < -0.39 is 16.1 Å². The molecule has 2 aromatic rings. The number of hydrogen-bond acceptors (Lipinski definition) is 3. The minimum atomic E-state index is -3.75.